The molecule has 1 rings (SSSR count). The Bertz CT molecular complexity index is 349. The summed E-state index contributed by atoms with van der Waals surface area (Å²) in [7, 11) is 5.38. The van der Waals surface area contributed by atoms with Gasteiger partial charge in [-0.05, 0) is 44.0 Å². The van der Waals surface area contributed by atoms with Gasteiger partial charge >= 0.3 is 0 Å². The van der Waals surface area contributed by atoms with Gasteiger partial charge in [0.2, 0.25) is 0 Å². The Balaban J connectivity index is 3.04. The van der Waals surface area contributed by atoms with Gasteiger partial charge in [-0.15, -0.1) is 0 Å². The molecule has 0 heterocycles. The van der Waals surface area contributed by atoms with Crippen molar-refractivity contribution in [2.45, 2.75) is 27.1 Å². The Hall–Kier alpha value is -1.25. The van der Waals surface area contributed by atoms with Gasteiger partial charge < -0.3 is 4.74 Å². The van der Waals surface area contributed by atoms with Crippen molar-refractivity contribution in [1.29, 1.82) is 0 Å². The molecule has 0 aromatic heterocycles. The highest BCUT2D eigenvalue weighted by Gasteiger charge is 2.08. The number of benzene rings is 1. The van der Waals surface area contributed by atoms with E-state index in [-0.39, 0.29) is 5.78 Å². The number of Topliss-reactive ketones (excluding diaryl/α,β-unsaturated/α-hetero) is 1. The van der Waals surface area contributed by atoms with E-state index in [0.29, 0.717) is 12.9 Å². The summed E-state index contributed by atoms with van der Waals surface area (Å²) in [5.74, 6) is 0.914. The third-order valence-electron chi connectivity index (χ3n) is 2.23. The van der Waals surface area contributed by atoms with Gasteiger partial charge in [-0.3, -0.25) is 4.79 Å². The molecule has 1 aromatic carbocycles. The van der Waals surface area contributed by atoms with Gasteiger partial charge in [0.25, 0.3) is 0 Å². The van der Waals surface area contributed by atoms with Crippen LogP contribution in [0.15, 0.2) is 12.1 Å². The summed E-state index contributed by atoms with van der Waals surface area (Å²) in [6.07, 6.45) is 0.493. The van der Waals surface area contributed by atoms with Crippen molar-refractivity contribution in [3.05, 3.63) is 28.8 Å². The molecule has 0 bridgehead atoms. The van der Waals surface area contributed by atoms with E-state index in [0.717, 1.165) is 22.4 Å². The van der Waals surface area contributed by atoms with Crippen LogP contribution in [0.5, 0.6) is 5.75 Å². The Labute approximate surface area is 92.0 Å². The number of aryl methyl sites for hydroxylation is 2. The van der Waals surface area contributed by atoms with Gasteiger partial charge in [-0.2, -0.15) is 0 Å². The van der Waals surface area contributed by atoms with Crippen molar-refractivity contribution >= 4 is 13.6 Å². The Morgan fingerprint density at radius 3 is 2.27 bits per heavy atom. The largest absolute Gasteiger partial charge is 0.494 e. The average molecular weight is 202 g/mol. The highest BCUT2D eigenvalue weighted by atomic mass is 16.5. The number of hydrogen-bond acceptors (Lipinski definition) is 2. The molecule has 0 spiro atoms. The first-order valence-corrected chi connectivity index (χ1v) is 5.01. The number of ketones is 1. The van der Waals surface area contributed by atoms with E-state index in [1.807, 2.05) is 26.0 Å². The second-order valence-electron chi connectivity index (χ2n) is 3.63. The minimum atomic E-state index is 0.0755. The molecule has 78 valence electrons. The van der Waals surface area contributed by atoms with Gasteiger partial charge in [0, 0.05) is 5.56 Å². The van der Waals surface area contributed by atoms with E-state index in [1.54, 1.807) is 6.92 Å². The Morgan fingerprint density at radius 2 is 1.87 bits per heavy atom. The summed E-state index contributed by atoms with van der Waals surface area (Å²) >= 11 is 0. The topological polar surface area (TPSA) is 26.3 Å². The molecular formula is C12H15BO2. The van der Waals surface area contributed by atoms with Crippen molar-refractivity contribution in [3.8, 4) is 5.75 Å². The van der Waals surface area contributed by atoms with Gasteiger partial charge in [0.1, 0.15) is 5.75 Å². The summed E-state index contributed by atoms with van der Waals surface area (Å²) in [4.78, 5) is 11.2. The molecule has 0 N–H and O–H groups in total. The van der Waals surface area contributed by atoms with Crippen molar-refractivity contribution in [2.24, 2.45) is 0 Å². The summed E-state index contributed by atoms with van der Waals surface area (Å²) < 4.78 is 5.52. The summed E-state index contributed by atoms with van der Waals surface area (Å²) in [5.41, 5.74) is 2.69. The number of ether oxygens (including phenoxy) is 1. The van der Waals surface area contributed by atoms with Crippen LogP contribution in [-0.4, -0.2) is 20.2 Å². The third-order valence-corrected chi connectivity index (χ3v) is 2.23. The van der Waals surface area contributed by atoms with E-state index < -0.39 is 0 Å². The third kappa shape index (κ3) is 2.85. The molecule has 0 aliphatic heterocycles. The normalized spacial score (nSPS) is 10.1. The molecule has 1 aromatic rings. The van der Waals surface area contributed by atoms with Gasteiger partial charge in [-0.25, -0.2) is 0 Å². The number of rotatable bonds is 4. The summed E-state index contributed by atoms with van der Waals surface area (Å²) in [5, 5.41) is 0. The smallest absolute Gasteiger partial charge is 0.159 e. The molecule has 0 saturated heterocycles. The first kappa shape index (κ1) is 11.8. The van der Waals surface area contributed by atoms with Crippen molar-refractivity contribution in [1.82, 2.24) is 0 Å². The number of carbonyl (C=O) groups is 1. The number of hydrogen-bond donors (Lipinski definition) is 0. The average Bonchev–Trinajstić information content (AvgIpc) is 2.16. The SMILES string of the molecule is [B]CCOc1c(C)cc(C(C)=O)cc1C. The predicted octanol–water partition coefficient (Wildman–Crippen LogP) is 2.47. The van der Waals surface area contributed by atoms with Crippen LogP contribution in [0.1, 0.15) is 28.4 Å². The lowest BCUT2D eigenvalue weighted by molar-refractivity contribution is 0.101. The Morgan fingerprint density at radius 1 is 1.33 bits per heavy atom. The van der Waals surface area contributed by atoms with Crippen LogP contribution < -0.4 is 4.74 Å². The zero-order valence-electron chi connectivity index (χ0n) is 9.46. The maximum absolute atomic E-state index is 11.2. The predicted molar refractivity (Wildman–Crippen MR) is 62.0 cm³/mol. The molecule has 15 heavy (non-hydrogen) atoms. The van der Waals surface area contributed by atoms with E-state index >= 15 is 0 Å². The van der Waals surface area contributed by atoms with Crippen molar-refractivity contribution in [3.63, 3.8) is 0 Å². The quantitative estimate of drug-likeness (QED) is 0.553. The van der Waals surface area contributed by atoms with Crippen LogP contribution in [0.4, 0.5) is 0 Å². The van der Waals surface area contributed by atoms with Gasteiger partial charge in [0.05, 0.1) is 14.5 Å². The van der Waals surface area contributed by atoms with Crippen LogP contribution in [0.25, 0.3) is 0 Å². The first-order valence-electron chi connectivity index (χ1n) is 5.01. The van der Waals surface area contributed by atoms with Crippen molar-refractivity contribution < 1.29 is 9.53 Å². The molecule has 0 amide bonds. The fraction of sp³-hybridized carbons (Fsp3) is 0.417. The summed E-state index contributed by atoms with van der Waals surface area (Å²) in [6, 6.07) is 3.70. The van der Waals surface area contributed by atoms with E-state index in [2.05, 4.69) is 0 Å². The second-order valence-corrected chi connectivity index (χ2v) is 3.63. The van der Waals surface area contributed by atoms with E-state index in [9.17, 15) is 4.79 Å². The lowest BCUT2D eigenvalue weighted by atomic mass is 10.0. The molecule has 0 atom stereocenters. The summed E-state index contributed by atoms with van der Waals surface area (Å²) in [6.45, 7) is 5.94. The minimum Gasteiger partial charge on any atom is -0.494 e. The van der Waals surface area contributed by atoms with Crippen LogP contribution >= 0.6 is 0 Å². The highest BCUT2D eigenvalue weighted by Crippen LogP contribution is 2.25. The van der Waals surface area contributed by atoms with E-state index in [4.69, 9.17) is 12.6 Å². The first-order chi connectivity index (χ1) is 7.06. The van der Waals surface area contributed by atoms with Gasteiger partial charge in [0.15, 0.2) is 5.78 Å². The number of carbonyl (C=O) groups excluding carboxylic acids is 1. The lowest BCUT2D eigenvalue weighted by Crippen LogP contribution is -2.02. The molecule has 0 unspecified atom stereocenters. The molecule has 2 nitrogen and oxygen atoms in total. The molecule has 2 radical (unpaired) electrons. The maximum Gasteiger partial charge on any atom is 0.159 e. The molecule has 0 aliphatic rings. The molecule has 3 heteroatoms. The lowest BCUT2D eigenvalue weighted by Gasteiger charge is -2.12. The molecule has 0 aliphatic carbocycles. The molecule has 0 fully saturated rings. The Kier molecular flexibility index (Phi) is 3.95. The van der Waals surface area contributed by atoms with Crippen LogP contribution in [0.2, 0.25) is 6.32 Å². The molecular weight excluding hydrogens is 187 g/mol. The van der Waals surface area contributed by atoms with Crippen LogP contribution in [-0.2, 0) is 0 Å². The van der Waals surface area contributed by atoms with Crippen LogP contribution in [0, 0.1) is 13.8 Å². The van der Waals surface area contributed by atoms with Crippen LogP contribution in [0.3, 0.4) is 0 Å². The molecule has 0 saturated carbocycles. The fourth-order valence-corrected chi connectivity index (χ4v) is 1.54. The van der Waals surface area contributed by atoms with Crippen molar-refractivity contribution in [2.75, 3.05) is 6.61 Å². The maximum atomic E-state index is 11.2. The zero-order valence-corrected chi connectivity index (χ0v) is 9.46. The highest BCUT2D eigenvalue weighted by molar-refractivity contribution is 6.08. The standard InChI is InChI=1S/C12H15BO2/c1-8-6-11(10(3)14)7-9(2)12(8)15-5-4-13/h6-7H,4-5H2,1-3H3. The monoisotopic (exact) mass is 202 g/mol. The fourth-order valence-electron chi connectivity index (χ4n) is 1.54. The second kappa shape index (κ2) is 5.01. The zero-order chi connectivity index (χ0) is 11.4. The minimum absolute atomic E-state index is 0.0755. The van der Waals surface area contributed by atoms with E-state index in [1.165, 1.54) is 0 Å². The van der Waals surface area contributed by atoms with Gasteiger partial charge in [-0.1, -0.05) is 6.32 Å².